The molecule has 0 aromatic heterocycles. The summed E-state index contributed by atoms with van der Waals surface area (Å²) in [5, 5.41) is 22.9. The highest BCUT2D eigenvalue weighted by atomic mass is 35.5. The fourth-order valence-electron chi connectivity index (χ4n) is 1.58. The highest BCUT2D eigenvalue weighted by molar-refractivity contribution is 6.30. The lowest BCUT2D eigenvalue weighted by molar-refractivity contribution is 0.148. The minimum absolute atomic E-state index is 0.0111. The summed E-state index contributed by atoms with van der Waals surface area (Å²) >= 11 is 5.78. The lowest BCUT2D eigenvalue weighted by Gasteiger charge is -2.22. The molecule has 0 fully saturated rings. The van der Waals surface area contributed by atoms with E-state index in [1.165, 1.54) is 0 Å². The second-order valence-electron chi connectivity index (χ2n) is 4.51. The van der Waals surface area contributed by atoms with Crippen molar-refractivity contribution in [3.05, 3.63) is 34.9 Å². The molecule has 1 rings (SSSR count). The van der Waals surface area contributed by atoms with Gasteiger partial charge in [0.2, 0.25) is 0 Å². The van der Waals surface area contributed by atoms with Crippen molar-refractivity contribution in [2.45, 2.75) is 26.0 Å². The number of nitrogens with one attached hydrogen (secondary N) is 1. The zero-order chi connectivity index (χ0) is 12.8. The lowest BCUT2D eigenvalue weighted by Crippen LogP contribution is -2.39. The van der Waals surface area contributed by atoms with Gasteiger partial charge in [-0.1, -0.05) is 37.6 Å². The van der Waals surface area contributed by atoms with Crippen molar-refractivity contribution in [1.82, 2.24) is 5.32 Å². The van der Waals surface area contributed by atoms with Crippen LogP contribution in [0.5, 0.6) is 0 Å². The summed E-state index contributed by atoms with van der Waals surface area (Å²) in [6, 6.07) is 7.13. The predicted octanol–water partition coefficient (Wildman–Crippen LogP) is 1.98. The zero-order valence-corrected chi connectivity index (χ0v) is 11.0. The molecule has 4 heteroatoms. The van der Waals surface area contributed by atoms with Crippen LogP contribution in [-0.4, -0.2) is 29.4 Å². The molecule has 0 radical (unpaired) electrons. The van der Waals surface area contributed by atoms with Crippen molar-refractivity contribution < 1.29 is 10.2 Å². The second kappa shape index (κ2) is 6.97. The Morgan fingerprint density at radius 2 is 1.82 bits per heavy atom. The molecule has 96 valence electrons. The quantitative estimate of drug-likeness (QED) is 0.731. The third kappa shape index (κ3) is 4.64. The van der Waals surface area contributed by atoms with Crippen LogP contribution < -0.4 is 5.32 Å². The van der Waals surface area contributed by atoms with Crippen molar-refractivity contribution in [1.29, 1.82) is 0 Å². The van der Waals surface area contributed by atoms with Crippen LogP contribution in [0.15, 0.2) is 24.3 Å². The largest absolute Gasteiger partial charge is 0.395 e. The van der Waals surface area contributed by atoms with Gasteiger partial charge in [0.15, 0.2) is 0 Å². The van der Waals surface area contributed by atoms with Crippen molar-refractivity contribution in [2.75, 3.05) is 13.2 Å². The molecule has 0 amide bonds. The van der Waals surface area contributed by atoms with E-state index < -0.39 is 6.10 Å². The van der Waals surface area contributed by atoms with Gasteiger partial charge in [-0.3, -0.25) is 0 Å². The van der Waals surface area contributed by atoms with E-state index in [2.05, 4.69) is 5.32 Å². The molecule has 3 nitrogen and oxygen atoms in total. The summed E-state index contributed by atoms with van der Waals surface area (Å²) < 4.78 is 0. The highest BCUT2D eigenvalue weighted by Crippen LogP contribution is 2.16. The van der Waals surface area contributed by atoms with Gasteiger partial charge >= 0.3 is 0 Å². The molecule has 0 aliphatic heterocycles. The van der Waals surface area contributed by atoms with Crippen LogP contribution in [0.3, 0.4) is 0 Å². The van der Waals surface area contributed by atoms with Gasteiger partial charge in [-0.2, -0.15) is 0 Å². The van der Waals surface area contributed by atoms with Crippen LogP contribution in [0.2, 0.25) is 5.02 Å². The van der Waals surface area contributed by atoms with Gasteiger partial charge < -0.3 is 15.5 Å². The van der Waals surface area contributed by atoms with Crippen molar-refractivity contribution in [3.63, 3.8) is 0 Å². The molecule has 0 bridgehead atoms. The monoisotopic (exact) mass is 257 g/mol. The predicted molar refractivity (Wildman–Crippen MR) is 70.1 cm³/mol. The first-order chi connectivity index (χ1) is 8.04. The molecule has 0 aliphatic carbocycles. The molecular formula is C13H20ClNO2. The number of hydrogen-bond donors (Lipinski definition) is 3. The maximum absolute atomic E-state index is 9.95. The smallest absolute Gasteiger partial charge is 0.0914 e. The molecule has 2 unspecified atom stereocenters. The summed E-state index contributed by atoms with van der Waals surface area (Å²) in [6.45, 7) is 4.56. The van der Waals surface area contributed by atoms with E-state index in [0.717, 1.165) is 5.56 Å². The first-order valence-electron chi connectivity index (χ1n) is 5.82. The number of aliphatic hydroxyl groups excluding tert-OH is 2. The minimum Gasteiger partial charge on any atom is -0.395 e. The molecule has 17 heavy (non-hydrogen) atoms. The maximum atomic E-state index is 9.95. The van der Waals surface area contributed by atoms with E-state index in [-0.39, 0.29) is 12.6 Å². The highest BCUT2D eigenvalue weighted by Gasteiger charge is 2.14. The summed E-state index contributed by atoms with van der Waals surface area (Å²) in [6.07, 6.45) is -0.583. The van der Waals surface area contributed by atoms with Crippen LogP contribution in [0.4, 0.5) is 0 Å². The van der Waals surface area contributed by atoms with E-state index in [1.807, 2.05) is 13.8 Å². The molecule has 2 atom stereocenters. The van der Waals surface area contributed by atoms with Gasteiger partial charge in [-0.25, -0.2) is 0 Å². The normalized spacial score (nSPS) is 14.9. The number of aliphatic hydroxyl groups is 2. The van der Waals surface area contributed by atoms with Crippen molar-refractivity contribution in [3.8, 4) is 0 Å². The van der Waals surface area contributed by atoms with Crippen LogP contribution >= 0.6 is 11.6 Å². The average molecular weight is 258 g/mol. The minimum atomic E-state index is -0.583. The molecular weight excluding hydrogens is 238 g/mol. The SMILES string of the molecule is CC(C)C(CO)NCC(O)c1ccc(Cl)cc1. The van der Waals surface area contributed by atoms with Gasteiger partial charge in [0.25, 0.3) is 0 Å². The molecule has 1 aromatic rings. The Hall–Kier alpha value is -0.610. The number of rotatable bonds is 6. The Kier molecular flexibility index (Phi) is 5.92. The van der Waals surface area contributed by atoms with E-state index in [9.17, 15) is 5.11 Å². The van der Waals surface area contributed by atoms with Crippen LogP contribution in [0, 0.1) is 5.92 Å². The molecule has 0 saturated carbocycles. The Labute approximate surface area is 107 Å². The fourth-order valence-corrected chi connectivity index (χ4v) is 1.70. The zero-order valence-electron chi connectivity index (χ0n) is 10.2. The third-order valence-electron chi connectivity index (χ3n) is 2.83. The summed E-state index contributed by atoms with van der Waals surface area (Å²) in [5.74, 6) is 0.331. The van der Waals surface area contributed by atoms with Gasteiger partial charge in [-0.15, -0.1) is 0 Å². The van der Waals surface area contributed by atoms with Gasteiger partial charge in [0, 0.05) is 17.6 Å². The molecule has 3 N–H and O–H groups in total. The maximum Gasteiger partial charge on any atom is 0.0914 e. The van der Waals surface area contributed by atoms with Crippen LogP contribution in [0.25, 0.3) is 0 Å². The first kappa shape index (κ1) is 14.5. The lowest BCUT2D eigenvalue weighted by atomic mass is 10.0. The molecule has 0 spiro atoms. The van der Waals surface area contributed by atoms with E-state index in [4.69, 9.17) is 16.7 Å². The fraction of sp³-hybridized carbons (Fsp3) is 0.538. The third-order valence-corrected chi connectivity index (χ3v) is 3.08. The summed E-state index contributed by atoms with van der Waals surface area (Å²) in [5.41, 5.74) is 0.822. The van der Waals surface area contributed by atoms with Crippen LogP contribution in [0.1, 0.15) is 25.5 Å². The van der Waals surface area contributed by atoms with Crippen LogP contribution in [-0.2, 0) is 0 Å². The Morgan fingerprint density at radius 1 is 1.24 bits per heavy atom. The molecule has 1 aromatic carbocycles. The first-order valence-corrected chi connectivity index (χ1v) is 6.20. The standard InChI is InChI=1S/C13H20ClNO2/c1-9(2)12(8-16)15-7-13(17)10-3-5-11(14)6-4-10/h3-6,9,12-13,15-17H,7-8H2,1-2H3. The van der Waals surface area contributed by atoms with Gasteiger partial charge in [-0.05, 0) is 23.6 Å². The average Bonchev–Trinajstić information content (AvgIpc) is 2.30. The number of benzene rings is 1. The number of halogens is 1. The van der Waals surface area contributed by atoms with E-state index in [1.54, 1.807) is 24.3 Å². The number of hydrogen-bond acceptors (Lipinski definition) is 3. The summed E-state index contributed by atoms with van der Waals surface area (Å²) in [4.78, 5) is 0. The second-order valence-corrected chi connectivity index (χ2v) is 4.95. The molecule has 0 heterocycles. The van der Waals surface area contributed by atoms with Gasteiger partial charge in [0.1, 0.15) is 0 Å². The Balaban J connectivity index is 2.49. The topological polar surface area (TPSA) is 52.5 Å². The van der Waals surface area contributed by atoms with E-state index in [0.29, 0.717) is 17.5 Å². The summed E-state index contributed by atoms with van der Waals surface area (Å²) in [7, 11) is 0. The molecule has 0 aliphatic rings. The van der Waals surface area contributed by atoms with Crippen molar-refractivity contribution in [2.24, 2.45) is 5.92 Å². The Morgan fingerprint density at radius 3 is 2.29 bits per heavy atom. The molecule has 0 saturated heterocycles. The van der Waals surface area contributed by atoms with Crippen molar-refractivity contribution >= 4 is 11.6 Å². The Bertz CT molecular complexity index is 327. The van der Waals surface area contributed by atoms with E-state index >= 15 is 0 Å². The van der Waals surface area contributed by atoms with Gasteiger partial charge in [0.05, 0.1) is 12.7 Å².